The van der Waals surface area contributed by atoms with Crippen LogP contribution in [0.4, 0.5) is 11.5 Å². The summed E-state index contributed by atoms with van der Waals surface area (Å²) in [7, 11) is 0. The molecule has 2 amide bonds. The average Bonchev–Trinajstić information content (AvgIpc) is 2.79. The molecule has 2 aliphatic rings. The third-order valence-corrected chi connectivity index (χ3v) is 6.84. The lowest BCUT2D eigenvalue weighted by molar-refractivity contribution is -0.136. The van der Waals surface area contributed by atoms with Crippen molar-refractivity contribution in [2.75, 3.05) is 36.4 Å². The van der Waals surface area contributed by atoms with Crippen LogP contribution in [0, 0.1) is 17.8 Å². The van der Waals surface area contributed by atoms with Crippen LogP contribution < -0.4 is 10.2 Å². The maximum absolute atomic E-state index is 12.5. The van der Waals surface area contributed by atoms with Crippen molar-refractivity contribution in [2.24, 2.45) is 17.8 Å². The summed E-state index contributed by atoms with van der Waals surface area (Å²) in [5, 5.41) is 11.0. The predicted octanol–water partition coefficient (Wildman–Crippen LogP) is 3.38. The van der Waals surface area contributed by atoms with E-state index in [0.717, 1.165) is 50.3 Å². The summed E-state index contributed by atoms with van der Waals surface area (Å²) < 4.78 is 0. The van der Waals surface area contributed by atoms with E-state index in [9.17, 15) is 9.59 Å². The Bertz CT molecular complexity index is 904. The van der Waals surface area contributed by atoms with Gasteiger partial charge in [-0.15, -0.1) is 5.10 Å². The average molecular weight is 436 g/mol. The molecule has 2 aliphatic heterocycles. The lowest BCUT2D eigenvalue weighted by atomic mass is 9.89. The quantitative estimate of drug-likeness (QED) is 0.721. The van der Waals surface area contributed by atoms with Crippen LogP contribution >= 0.6 is 0 Å². The summed E-state index contributed by atoms with van der Waals surface area (Å²) >= 11 is 0. The molecule has 0 bridgehead atoms. The van der Waals surface area contributed by atoms with Gasteiger partial charge in [0, 0.05) is 44.0 Å². The fraction of sp³-hybridized carbons (Fsp3) is 0.520. The summed E-state index contributed by atoms with van der Waals surface area (Å²) in [6, 6.07) is 12.0. The number of aromatic nitrogens is 2. The predicted molar refractivity (Wildman–Crippen MR) is 125 cm³/mol. The molecule has 7 heteroatoms. The molecule has 32 heavy (non-hydrogen) atoms. The molecule has 4 rings (SSSR count). The normalized spacial score (nSPS) is 18.2. The van der Waals surface area contributed by atoms with E-state index in [1.807, 2.05) is 36.1 Å². The van der Waals surface area contributed by atoms with Crippen LogP contribution in [-0.4, -0.2) is 53.1 Å². The lowest BCUT2D eigenvalue weighted by Gasteiger charge is -2.38. The highest BCUT2D eigenvalue weighted by molar-refractivity contribution is 5.94. The van der Waals surface area contributed by atoms with Crippen molar-refractivity contribution in [2.45, 2.75) is 39.5 Å². The molecule has 2 saturated heterocycles. The Morgan fingerprint density at radius 1 is 1.12 bits per heavy atom. The van der Waals surface area contributed by atoms with Crippen molar-refractivity contribution in [3.63, 3.8) is 0 Å². The van der Waals surface area contributed by atoms with E-state index in [0.29, 0.717) is 24.9 Å². The van der Waals surface area contributed by atoms with Crippen LogP contribution in [0.1, 0.15) is 38.7 Å². The van der Waals surface area contributed by atoms with Gasteiger partial charge in [-0.2, -0.15) is 5.10 Å². The number of nitrogens with zero attached hydrogens (tertiary/aromatic N) is 4. The molecule has 170 valence electrons. The largest absolute Gasteiger partial charge is 0.353 e. The van der Waals surface area contributed by atoms with Crippen LogP contribution in [0.2, 0.25) is 0 Å². The number of carbonyl (C=O) groups excluding carboxylic acids is 2. The number of hydrogen-bond donors (Lipinski definition) is 1. The van der Waals surface area contributed by atoms with Gasteiger partial charge in [0.2, 0.25) is 11.8 Å². The number of hydrogen-bond acceptors (Lipinski definition) is 5. The van der Waals surface area contributed by atoms with Crippen molar-refractivity contribution in [1.82, 2.24) is 15.1 Å². The van der Waals surface area contributed by atoms with E-state index < -0.39 is 0 Å². The Kier molecular flexibility index (Phi) is 7.02. The third-order valence-electron chi connectivity index (χ3n) is 6.84. The van der Waals surface area contributed by atoms with E-state index in [4.69, 9.17) is 0 Å². The molecular formula is C25H33N5O2. The van der Waals surface area contributed by atoms with Gasteiger partial charge in [0.25, 0.3) is 0 Å². The number of benzene rings is 1. The van der Waals surface area contributed by atoms with Gasteiger partial charge in [-0.3, -0.25) is 9.59 Å². The van der Waals surface area contributed by atoms with Crippen LogP contribution in [0.3, 0.4) is 0 Å². The third kappa shape index (κ3) is 5.26. The van der Waals surface area contributed by atoms with Gasteiger partial charge in [0.05, 0.1) is 5.92 Å². The van der Waals surface area contributed by atoms with Crippen LogP contribution in [0.5, 0.6) is 0 Å². The Morgan fingerprint density at radius 3 is 2.47 bits per heavy atom. The summed E-state index contributed by atoms with van der Waals surface area (Å²) in [6.07, 6.45) is 5.70. The SMILES string of the molecule is CCC(C)C(=O)N1CCC(Cc2ccc(NC(=O)C3CN(c4cccnn4)C3)cc2)CC1. The van der Waals surface area contributed by atoms with E-state index in [-0.39, 0.29) is 17.7 Å². The molecule has 0 radical (unpaired) electrons. The molecule has 0 spiro atoms. The van der Waals surface area contributed by atoms with Crippen molar-refractivity contribution in [3.05, 3.63) is 48.2 Å². The van der Waals surface area contributed by atoms with Gasteiger partial charge in [-0.05, 0) is 61.4 Å². The number of amides is 2. The first-order valence-electron chi connectivity index (χ1n) is 11.7. The van der Waals surface area contributed by atoms with Gasteiger partial charge in [0.1, 0.15) is 0 Å². The van der Waals surface area contributed by atoms with Gasteiger partial charge in [0.15, 0.2) is 5.82 Å². The maximum Gasteiger partial charge on any atom is 0.231 e. The fourth-order valence-corrected chi connectivity index (χ4v) is 4.44. The first-order chi connectivity index (χ1) is 15.5. The Labute approximate surface area is 190 Å². The molecule has 1 atom stereocenters. The second-order valence-electron chi connectivity index (χ2n) is 9.15. The summed E-state index contributed by atoms with van der Waals surface area (Å²) in [5.74, 6) is 1.88. The molecule has 0 aliphatic carbocycles. The Hall–Kier alpha value is -2.96. The standard InChI is InChI=1S/C25H33N5O2/c1-3-18(2)25(32)29-13-10-20(11-14-29)15-19-6-8-22(9-7-19)27-24(31)21-16-30(17-21)23-5-4-12-26-28-23/h4-9,12,18,20-21H,3,10-11,13-17H2,1-2H3,(H,27,31). The number of anilines is 2. The summed E-state index contributed by atoms with van der Waals surface area (Å²) in [4.78, 5) is 29.0. The molecule has 7 nitrogen and oxygen atoms in total. The Morgan fingerprint density at radius 2 is 1.84 bits per heavy atom. The summed E-state index contributed by atoms with van der Waals surface area (Å²) in [6.45, 7) is 7.17. The molecule has 2 fully saturated rings. The molecule has 1 aromatic carbocycles. The molecule has 2 aromatic rings. The molecular weight excluding hydrogens is 402 g/mol. The molecule has 3 heterocycles. The van der Waals surface area contributed by atoms with Gasteiger partial charge < -0.3 is 15.1 Å². The molecule has 1 N–H and O–H groups in total. The second kappa shape index (κ2) is 10.1. The van der Waals surface area contributed by atoms with E-state index in [1.165, 1.54) is 5.56 Å². The molecule has 0 saturated carbocycles. The fourth-order valence-electron chi connectivity index (χ4n) is 4.44. The number of likely N-dealkylation sites (tertiary alicyclic amines) is 1. The monoisotopic (exact) mass is 435 g/mol. The van der Waals surface area contributed by atoms with Crippen molar-refractivity contribution in [1.29, 1.82) is 0 Å². The number of carbonyl (C=O) groups is 2. The Balaban J connectivity index is 1.20. The van der Waals surface area contributed by atoms with Crippen LogP contribution in [0.25, 0.3) is 0 Å². The zero-order valence-electron chi connectivity index (χ0n) is 19.0. The van der Waals surface area contributed by atoms with Crippen LogP contribution in [-0.2, 0) is 16.0 Å². The van der Waals surface area contributed by atoms with Crippen molar-refractivity contribution in [3.8, 4) is 0 Å². The maximum atomic E-state index is 12.5. The first kappa shape index (κ1) is 22.2. The zero-order valence-corrected chi connectivity index (χ0v) is 19.0. The lowest BCUT2D eigenvalue weighted by Crippen LogP contribution is -2.52. The minimum atomic E-state index is -0.0278. The van der Waals surface area contributed by atoms with Gasteiger partial charge in [-0.1, -0.05) is 26.0 Å². The number of rotatable bonds is 7. The van der Waals surface area contributed by atoms with Crippen molar-refractivity contribution >= 4 is 23.3 Å². The minimum absolute atomic E-state index is 0.0278. The highest BCUT2D eigenvalue weighted by atomic mass is 16.2. The number of piperidine rings is 1. The van der Waals surface area contributed by atoms with Gasteiger partial charge in [-0.25, -0.2) is 0 Å². The zero-order chi connectivity index (χ0) is 22.5. The minimum Gasteiger partial charge on any atom is -0.353 e. The topological polar surface area (TPSA) is 78.4 Å². The van der Waals surface area contributed by atoms with E-state index >= 15 is 0 Å². The van der Waals surface area contributed by atoms with Crippen LogP contribution in [0.15, 0.2) is 42.6 Å². The number of nitrogens with one attached hydrogen (secondary N) is 1. The van der Waals surface area contributed by atoms with Gasteiger partial charge >= 0.3 is 0 Å². The first-order valence-corrected chi connectivity index (χ1v) is 11.7. The molecule has 1 aromatic heterocycles. The van der Waals surface area contributed by atoms with Crippen molar-refractivity contribution < 1.29 is 9.59 Å². The second-order valence-corrected chi connectivity index (χ2v) is 9.15. The molecule has 1 unspecified atom stereocenters. The van der Waals surface area contributed by atoms with E-state index in [2.05, 4.69) is 39.5 Å². The highest BCUT2D eigenvalue weighted by Crippen LogP contribution is 2.25. The van der Waals surface area contributed by atoms with E-state index in [1.54, 1.807) is 6.20 Å². The smallest absolute Gasteiger partial charge is 0.231 e. The summed E-state index contributed by atoms with van der Waals surface area (Å²) in [5.41, 5.74) is 2.12. The highest BCUT2D eigenvalue weighted by Gasteiger charge is 2.33.